The maximum atomic E-state index is 11.9. The summed E-state index contributed by atoms with van der Waals surface area (Å²) in [5.41, 5.74) is 0. The molecule has 0 amide bonds. The van der Waals surface area contributed by atoms with Crippen molar-refractivity contribution < 1.29 is 8.78 Å². The van der Waals surface area contributed by atoms with Gasteiger partial charge in [-0.05, 0) is 4.91 Å². The molecule has 0 aliphatic heterocycles. The molecule has 0 radical (unpaired) electrons. The summed E-state index contributed by atoms with van der Waals surface area (Å²) in [5.74, 6) is -3.13. The molecule has 0 aromatic heterocycles. The molecule has 1 unspecified atom stereocenters. The number of hydrogen-bond acceptors (Lipinski definition) is 1. The van der Waals surface area contributed by atoms with E-state index in [0.717, 1.165) is 0 Å². The van der Waals surface area contributed by atoms with Crippen LogP contribution in [0, 0.1) is 5.92 Å². The molecule has 0 aromatic carbocycles. The summed E-state index contributed by atoms with van der Waals surface area (Å²) in [6, 6.07) is 0. The molecular formula is C5H6F2S. The normalized spacial score (nSPS) is 32.1. The minimum absolute atomic E-state index is 0.0602. The highest BCUT2D eigenvalue weighted by atomic mass is 32.1. The lowest BCUT2D eigenvalue weighted by Crippen LogP contribution is -1.91. The standard InChI is InChI=1S/C5H6F2S/c1-3(8)4-2-5(4,6)7/h4,8H,1-2H2. The zero-order valence-electron chi connectivity index (χ0n) is 4.19. The average molecular weight is 136 g/mol. The second-order valence-electron chi connectivity index (χ2n) is 2.01. The van der Waals surface area contributed by atoms with Crippen LogP contribution in [0.3, 0.4) is 0 Å². The Kier molecular flexibility index (Phi) is 1.11. The van der Waals surface area contributed by atoms with Gasteiger partial charge in [-0.25, -0.2) is 8.78 Å². The van der Waals surface area contributed by atoms with Crippen molar-refractivity contribution in [2.45, 2.75) is 12.3 Å². The van der Waals surface area contributed by atoms with E-state index in [0.29, 0.717) is 4.91 Å². The summed E-state index contributed by atoms with van der Waals surface area (Å²) in [6.45, 7) is 3.30. The summed E-state index contributed by atoms with van der Waals surface area (Å²) in [7, 11) is 0. The van der Waals surface area contributed by atoms with E-state index in [1.54, 1.807) is 0 Å². The molecule has 0 nitrogen and oxygen atoms in total. The van der Waals surface area contributed by atoms with E-state index in [4.69, 9.17) is 0 Å². The Morgan fingerprint density at radius 3 is 2.12 bits per heavy atom. The topological polar surface area (TPSA) is 0 Å². The molecule has 0 N–H and O–H groups in total. The molecule has 3 heteroatoms. The van der Waals surface area contributed by atoms with Gasteiger partial charge in [0.25, 0.3) is 5.92 Å². The van der Waals surface area contributed by atoms with E-state index in [1.807, 2.05) is 0 Å². The molecule has 0 saturated heterocycles. The Bertz CT molecular complexity index is 130. The minimum Gasteiger partial charge on any atom is -0.206 e. The summed E-state index contributed by atoms with van der Waals surface area (Å²) in [6.07, 6.45) is -0.0602. The molecule has 1 rings (SSSR count). The van der Waals surface area contributed by atoms with Gasteiger partial charge in [-0.1, -0.05) is 6.58 Å². The van der Waals surface area contributed by atoms with E-state index in [2.05, 4.69) is 19.2 Å². The lowest BCUT2D eigenvalue weighted by molar-refractivity contribution is 0.107. The van der Waals surface area contributed by atoms with Gasteiger partial charge >= 0.3 is 0 Å². The van der Waals surface area contributed by atoms with E-state index >= 15 is 0 Å². The zero-order chi connectivity index (χ0) is 6.36. The molecule has 1 aliphatic carbocycles. The number of hydrogen-bond donors (Lipinski definition) is 1. The Morgan fingerprint density at radius 2 is 2.12 bits per heavy atom. The predicted octanol–water partition coefficient (Wildman–Crippen LogP) is 2.09. The van der Waals surface area contributed by atoms with Crippen molar-refractivity contribution in [1.82, 2.24) is 0 Å². The van der Waals surface area contributed by atoms with Crippen molar-refractivity contribution in [3.8, 4) is 0 Å². The van der Waals surface area contributed by atoms with Gasteiger partial charge in [-0.2, -0.15) is 0 Å². The van der Waals surface area contributed by atoms with Gasteiger partial charge in [0.2, 0.25) is 0 Å². The van der Waals surface area contributed by atoms with Crippen LogP contribution in [0.25, 0.3) is 0 Å². The first kappa shape index (κ1) is 6.08. The average Bonchev–Trinajstić information content (AvgIpc) is 2.13. The highest BCUT2D eigenvalue weighted by Crippen LogP contribution is 2.53. The third-order valence-electron chi connectivity index (χ3n) is 1.23. The third-order valence-corrected chi connectivity index (χ3v) is 1.54. The Labute approximate surface area is 52.0 Å². The predicted molar refractivity (Wildman–Crippen MR) is 31.2 cm³/mol. The summed E-state index contributed by atoms with van der Waals surface area (Å²) < 4.78 is 23.9. The van der Waals surface area contributed by atoms with Crippen LogP contribution in [0.2, 0.25) is 0 Å². The molecule has 1 fully saturated rings. The van der Waals surface area contributed by atoms with Crippen molar-refractivity contribution >= 4 is 12.6 Å². The van der Waals surface area contributed by atoms with E-state index in [1.165, 1.54) is 0 Å². The number of thiol groups is 1. The van der Waals surface area contributed by atoms with Crippen molar-refractivity contribution in [3.05, 3.63) is 11.5 Å². The molecule has 0 aromatic rings. The van der Waals surface area contributed by atoms with Gasteiger partial charge in [0.1, 0.15) is 0 Å². The Hall–Kier alpha value is -0.0500. The van der Waals surface area contributed by atoms with Crippen LogP contribution in [0.15, 0.2) is 11.5 Å². The van der Waals surface area contributed by atoms with E-state index in [9.17, 15) is 8.78 Å². The second kappa shape index (κ2) is 1.47. The summed E-state index contributed by atoms with van der Waals surface area (Å²) in [4.78, 5) is 0.301. The zero-order valence-corrected chi connectivity index (χ0v) is 5.09. The molecule has 0 heterocycles. The second-order valence-corrected chi connectivity index (χ2v) is 2.58. The van der Waals surface area contributed by atoms with Crippen LogP contribution in [-0.2, 0) is 0 Å². The maximum absolute atomic E-state index is 11.9. The van der Waals surface area contributed by atoms with E-state index in [-0.39, 0.29) is 6.42 Å². The van der Waals surface area contributed by atoms with E-state index < -0.39 is 11.8 Å². The smallest absolute Gasteiger partial charge is 0.206 e. The number of rotatable bonds is 1. The fourth-order valence-electron chi connectivity index (χ4n) is 0.575. The first-order valence-corrected chi connectivity index (χ1v) is 2.74. The monoisotopic (exact) mass is 136 g/mol. The SMILES string of the molecule is C=C(S)C1CC1(F)F. The lowest BCUT2D eigenvalue weighted by atomic mass is 10.4. The van der Waals surface area contributed by atoms with Crippen LogP contribution < -0.4 is 0 Å². The summed E-state index contributed by atoms with van der Waals surface area (Å²) in [5, 5.41) is 0. The van der Waals surface area contributed by atoms with Gasteiger partial charge in [0, 0.05) is 6.42 Å². The third kappa shape index (κ3) is 0.869. The first-order chi connectivity index (χ1) is 3.54. The van der Waals surface area contributed by atoms with Gasteiger partial charge in [0.15, 0.2) is 0 Å². The van der Waals surface area contributed by atoms with Gasteiger partial charge in [-0.15, -0.1) is 12.6 Å². The quantitative estimate of drug-likeness (QED) is 0.524. The fourth-order valence-corrected chi connectivity index (χ4v) is 0.855. The van der Waals surface area contributed by atoms with Crippen molar-refractivity contribution in [3.63, 3.8) is 0 Å². The molecular weight excluding hydrogens is 130 g/mol. The minimum atomic E-state index is -2.49. The lowest BCUT2D eigenvalue weighted by Gasteiger charge is -1.91. The molecule has 1 aliphatic rings. The van der Waals surface area contributed by atoms with Crippen molar-refractivity contribution in [1.29, 1.82) is 0 Å². The first-order valence-electron chi connectivity index (χ1n) is 2.29. The number of alkyl halides is 2. The molecule has 1 atom stereocenters. The number of allylic oxidation sites excluding steroid dienone is 1. The van der Waals surface area contributed by atoms with Crippen LogP contribution in [0.1, 0.15) is 6.42 Å². The van der Waals surface area contributed by atoms with Gasteiger partial charge in [0.05, 0.1) is 5.92 Å². The van der Waals surface area contributed by atoms with Crippen LogP contribution in [-0.4, -0.2) is 5.92 Å². The van der Waals surface area contributed by atoms with Crippen LogP contribution in [0.5, 0.6) is 0 Å². The highest BCUT2D eigenvalue weighted by molar-refractivity contribution is 7.84. The summed E-state index contributed by atoms with van der Waals surface area (Å²) >= 11 is 3.69. The fraction of sp³-hybridized carbons (Fsp3) is 0.600. The molecule has 0 spiro atoms. The Morgan fingerprint density at radius 1 is 1.75 bits per heavy atom. The van der Waals surface area contributed by atoms with Crippen LogP contribution >= 0.6 is 12.6 Å². The molecule has 46 valence electrons. The highest BCUT2D eigenvalue weighted by Gasteiger charge is 2.57. The number of halogens is 2. The van der Waals surface area contributed by atoms with Crippen molar-refractivity contribution in [2.75, 3.05) is 0 Å². The van der Waals surface area contributed by atoms with Crippen LogP contribution in [0.4, 0.5) is 8.78 Å². The van der Waals surface area contributed by atoms with Gasteiger partial charge < -0.3 is 0 Å². The van der Waals surface area contributed by atoms with Crippen molar-refractivity contribution in [2.24, 2.45) is 5.92 Å². The molecule has 8 heavy (non-hydrogen) atoms. The molecule has 1 saturated carbocycles. The van der Waals surface area contributed by atoms with Gasteiger partial charge in [-0.3, -0.25) is 0 Å². The molecule has 0 bridgehead atoms. The Balaban J connectivity index is 2.48. The largest absolute Gasteiger partial charge is 0.256 e. The maximum Gasteiger partial charge on any atom is 0.256 e.